The van der Waals surface area contributed by atoms with E-state index in [4.69, 9.17) is 9.47 Å². The van der Waals surface area contributed by atoms with Crippen LogP contribution in [0.2, 0.25) is 0 Å². The van der Waals surface area contributed by atoms with Gasteiger partial charge in [0, 0.05) is 44.2 Å². The van der Waals surface area contributed by atoms with Gasteiger partial charge >= 0.3 is 0 Å². The normalized spacial score (nSPS) is 15.7. The van der Waals surface area contributed by atoms with E-state index in [9.17, 15) is 4.79 Å². The van der Waals surface area contributed by atoms with Gasteiger partial charge in [-0.25, -0.2) is 0 Å². The van der Waals surface area contributed by atoms with Crippen LogP contribution >= 0.6 is 24.0 Å². The van der Waals surface area contributed by atoms with Crippen LogP contribution in [0.25, 0.3) is 0 Å². The molecule has 1 saturated heterocycles. The van der Waals surface area contributed by atoms with E-state index < -0.39 is 0 Å². The third kappa shape index (κ3) is 8.02. The van der Waals surface area contributed by atoms with E-state index in [2.05, 4.69) is 46.1 Å². The Morgan fingerprint density at radius 3 is 2.61 bits per heavy atom. The van der Waals surface area contributed by atoms with Crippen LogP contribution in [0.3, 0.4) is 0 Å². The fraction of sp³-hybridized carbons (Fsp3) is 0.391. The lowest BCUT2D eigenvalue weighted by atomic mass is 10.1. The maximum Gasteiger partial charge on any atom is 0.251 e. The van der Waals surface area contributed by atoms with Gasteiger partial charge in [0.05, 0.1) is 13.2 Å². The average molecular weight is 538 g/mol. The summed E-state index contributed by atoms with van der Waals surface area (Å²) in [6, 6.07) is 15.4. The molecule has 7 nitrogen and oxygen atoms in total. The highest BCUT2D eigenvalue weighted by Gasteiger charge is 2.18. The number of carbonyl (C=O) groups is 1. The number of hydrogen-bond donors (Lipinski definition) is 3. The number of amides is 1. The molecule has 1 atom stereocenters. The number of aliphatic imine (C=N–C) groups is 1. The van der Waals surface area contributed by atoms with Gasteiger partial charge in [-0.05, 0) is 30.7 Å². The van der Waals surface area contributed by atoms with Crippen molar-refractivity contribution in [3.63, 3.8) is 0 Å². The number of carbonyl (C=O) groups excluding carboxylic acids is 1. The van der Waals surface area contributed by atoms with Gasteiger partial charge in [-0.2, -0.15) is 0 Å². The molecule has 0 spiro atoms. The number of rotatable bonds is 8. The quantitative estimate of drug-likeness (QED) is 0.209. The Morgan fingerprint density at radius 1 is 1.13 bits per heavy atom. The van der Waals surface area contributed by atoms with Crippen LogP contribution < -0.4 is 20.7 Å². The molecular weight excluding hydrogens is 507 g/mol. The van der Waals surface area contributed by atoms with Crippen molar-refractivity contribution in [1.82, 2.24) is 16.0 Å². The van der Waals surface area contributed by atoms with E-state index in [-0.39, 0.29) is 36.0 Å². The summed E-state index contributed by atoms with van der Waals surface area (Å²) < 4.78 is 11.6. The minimum absolute atomic E-state index is 0. The molecule has 8 heteroatoms. The molecule has 2 aromatic rings. The first kappa shape index (κ1) is 24.9. The number of halogens is 1. The molecule has 0 aromatic heterocycles. The number of hydrogen-bond acceptors (Lipinski definition) is 4. The zero-order valence-corrected chi connectivity index (χ0v) is 20.3. The molecule has 1 unspecified atom stereocenters. The molecule has 1 aliphatic heterocycles. The standard InChI is InChI=1S/C23H30N4O3.HI/c1-17-8-9-19(21(14-17)30-20-10-13-29-16-20)15-27-23(24-2)26-12-11-25-22(28)18-6-4-3-5-7-18;/h3-9,14,20H,10-13,15-16H2,1-2H3,(H,25,28)(H2,24,26,27);1H. The second kappa shape index (κ2) is 13.2. The van der Waals surface area contributed by atoms with E-state index in [1.807, 2.05) is 18.2 Å². The summed E-state index contributed by atoms with van der Waals surface area (Å²) in [5.74, 6) is 1.46. The maximum absolute atomic E-state index is 12.1. The van der Waals surface area contributed by atoms with Crippen molar-refractivity contribution in [3.8, 4) is 5.75 Å². The molecule has 1 amide bonds. The van der Waals surface area contributed by atoms with Gasteiger partial charge in [0.1, 0.15) is 11.9 Å². The lowest BCUT2D eigenvalue weighted by Crippen LogP contribution is -2.41. The minimum atomic E-state index is -0.0855. The van der Waals surface area contributed by atoms with Crippen molar-refractivity contribution in [2.24, 2.45) is 4.99 Å². The van der Waals surface area contributed by atoms with Gasteiger partial charge in [0.2, 0.25) is 0 Å². The monoisotopic (exact) mass is 538 g/mol. The highest BCUT2D eigenvalue weighted by Crippen LogP contribution is 2.23. The van der Waals surface area contributed by atoms with Crippen molar-refractivity contribution in [3.05, 3.63) is 65.2 Å². The highest BCUT2D eigenvalue weighted by atomic mass is 127. The van der Waals surface area contributed by atoms with E-state index in [0.717, 1.165) is 29.9 Å². The van der Waals surface area contributed by atoms with Gasteiger partial charge in [0.15, 0.2) is 5.96 Å². The zero-order valence-electron chi connectivity index (χ0n) is 18.0. The smallest absolute Gasteiger partial charge is 0.251 e. The lowest BCUT2D eigenvalue weighted by Gasteiger charge is -2.18. The molecule has 0 bridgehead atoms. The Morgan fingerprint density at radius 2 is 1.90 bits per heavy atom. The molecule has 31 heavy (non-hydrogen) atoms. The van der Waals surface area contributed by atoms with Crippen molar-refractivity contribution in [1.29, 1.82) is 0 Å². The Hall–Kier alpha value is -2.33. The van der Waals surface area contributed by atoms with Gasteiger partial charge in [0.25, 0.3) is 5.91 Å². The van der Waals surface area contributed by atoms with E-state index in [1.54, 1.807) is 19.2 Å². The number of benzene rings is 2. The zero-order chi connectivity index (χ0) is 21.2. The van der Waals surface area contributed by atoms with Gasteiger partial charge in [-0.1, -0.05) is 30.3 Å². The van der Waals surface area contributed by atoms with Crippen LogP contribution in [0.15, 0.2) is 53.5 Å². The lowest BCUT2D eigenvalue weighted by molar-refractivity contribution is 0.0954. The molecule has 3 rings (SSSR count). The fourth-order valence-electron chi connectivity index (χ4n) is 3.15. The second-order valence-corrected chi connectivity index (χ2v) is 7.19. The molecule has 2 aromatic carbocycles. The first-order chi connectivity index (χ1) is 14.7. The molecule has 0 saturated carbocycles. The van der Waals surface area contributed by atoms with Crippen LogP contribution in [0.1, 0.15) is 27.9 Å². The van der Waals surface area contributed by atoms with E-state index in [1.165, 1.54) is 0 Å². The van der Waals surface area contributed by atoms with Crippen LogP contribution in [-0.2, 0) is 11.3 Å². The number of nitrogens with one attached hydrogen (secondary N) is 3. The maximum atomic E-state index is 12.1. The summed E-state index contributed by atoms with van der Waals surface area (Å²) in [5, 5.41) is 9.41. The summed E-state index contributed by atoms with van der Waals surface area (Å²) in [5.41, 5.74) is 2.87. The molecule has 0 radical (unpaired) electrons. The molecule has 1 heterocycles. The molecule has 0 aliphatic carbocycles. The molecule has 3 N–H and O–H groups in total. The van der Waals surface area contributed by atoms with Crippen molar-refractivity contribution >= 4 is 35.8 Å². The van der Waals surface area contributed by atoms with Crippen molar-refractivity contribution in [2.75, 3.05) is 33.4 Å². The first-order valence-electron chi connectivity index (χ1n) is 10.3. The summed E-state index contributed by atoms with van der Waals surface area (Å²) in [7, 11) is 1.72. The Balaban J connectivity index is 0.00000341. The predicted octanol–water partition coefficient (Wildman–Crippen LogP) is 2.88. The molecule has 1 fully saturated rings. The van der Waals surface area contributed by atoms with Gasteiger partial charge in [-0.15, -0.1) is 24.0 Å². The van der Waals surface area contributed by atoms with Gasteiger partial charge < -0.3 is 25.4 Å². The fourth-order valence-corrected chi connectivity index (χ4v) is 3.15. The van der Waals surface area contributed by atoms with E-state index in [0.29, 0.717) is 37.8 Å². The summed E-state index contributed by atoms with van der Waals surface area (Å²) in [6.45, 7) is 5.09. The molecule has 1 aliphatic rings. The van der Waals surface area contributed by atoms with Crippen LogP contribution in [0, 0.1) is 6.92 Å². The Labute approximate surface area is 201 Å². The summed E-state index contributed by atoms with van der Waals surface area (Å²) in [4.78, 5) is 16.3. The van der Waals surface area contributed by atoms with E-state index >= 15 is 0 Å². The highest BCUT2D eigenvalue weighted by molar-refractivity contribution is 14.0. The predicted molar refractivity (Wildman–Crippen MR) is 133 cm³/mol. The largest absolute Gasteiger partial charge is 0.488 e. The summed E-state index contributed by atoms with van der Waals surface area (Å²) in [6.07, 6.45) is 1.02. The summed E-state index contributed by atoms with van der Waals surface area (Å²) >= 11 is 0. The third-order valence-corrected chi connectivity index (χ3v) is 4.81. The third-order valence-electron chi connectivity index (χ3n) is 4.81. The van der Waals surface area contributed by atoms with Gasteiger partial charge in [-0.3, -0.25) is 9.79 Å². The van der Waals surface area contributed by atoms with Crippen LogP contribution in [0.5, 0.6) is 5.75 Å². The van der Waals surface area contributed by atoms with Crippen LogP contribution in [-0.4, -0.2) is 51.3 Å². The Bertz CT molecular complexity index is 855. The first-order valence-corrected chi connectivity index (χ1v) is 10.3. The number of nitrogens with zero attached hydrogens (tertiary/aromatic N) is 1. The number of guanidine groups is 1. The van der Waals surface area contributed by atoms with Crippen LogP contribution in [0.4, 0.5) is 0 Å². The minimum Gasteiger partial charge on any atom is -0.488 e. The van der Waals surface area contributed by atoms with Crippen molar-refractivity contribution in [2.45, 2.75) is 26.0 Å². The SMILES string of the molecule is CN=C(NCCNC(=O)c1ccccc1)NCc1ccc(C)cc1OC1CCOC1.I. The number of aryl methyl sites for hydroxylation is 1. The molecular formula is C23H31IN4O3. The molecule has 168 valence electrons. The topological polar surface area (TPSA) is 84.0 Å². The number of ether oxygens (including phenoxy) is 2. The van der Waals surface area contributed by atoms with Crippen molar-refractivity contribution < 1.29 is 14.3 Å². The average Bonchev–Trinajstić information content (AvgIpc) is 3.28. The Kier molecular flexibility index (Phi) is 10.6. The second-order valence-electron chi connectivity index (χ2n) is 7.19.